The van der Waals surface area contributed by atoms with E-state index in [2.05, 4.69) is 25.9 Å². The molecule has 0 saturated carbocycles. The van der Waals surface area contributed by atoms with Gasteiger partial charge in [-0.1, -0.05) is 30.3 Å². The molecule has 2 aromatic rings. The van der Waals surface area contributed by atoms with Gasteiger partial charge in [0.15, 0.2) is 0 Å². The number of aliphatic carboxylic acids is 2. The average molecular weight is 560 g/mol. The summed E-state index contributed by atoms with van der Waals surface area (Å²) in [5.41, 5.74) is 12.9. The first kappa shape index (κ1) is 31.9. The summed E-state index contributed by atoms with van der Waals surface area (Å²) < 4.78 is 0. The summed E-state index contributed by atoms with van der Waals surface area (Å²) in [5, 5.41) is 26.2. The van der Waals surface area contributed by atoms with Crippen molar-refractivity contribution < 1.29 is 34.2 Å². The molecule has 10 N–H and O–H groups in total. The molecule has 0 saturated heterocycles. The van der Waals surface area contributed by atoms with Crippen LogP contribution in [0.25, 0.3) is 0 Å². The third-order valence-corrected chi connectivity index (χ3v) is 6.09. The summed E-state index contributed by atoms with van der Waals surface area (Å²) in [7, 11) is 0. The number of hydrogen-bond acceptors (Lipinski definition) is 8. The highest BCUT2D eigenvalue weighted by molar-refractivity contribution is 5.94. The zero-order valence-corrected chi connectivity index (χ0v) is 22.0. The summed E-state index contributed by atoms with van der Waals surface area (Å²) in [6, 6.07) is 4.33. The molecule has 1 aromatic heterocycles. The number of unbranched alkanes of at least 4 members (excludes halogenated alkanes) is 1. The van der Waals surface area contributed by atoms with E-state index < -0.39 is 60.2 Å². The number of carboxylic acids is 2. The number of benzene rings is 1. The van der Waals surface area contributed by atoms with Crippen molar-refractivity contribution in [3.8, 4) is 0 Å². The van der Waals surface area contributed by atoms with E-state index in [-0.39, 0.29) is 25.7 Å². The molecule has 0 bridgehead atoms. The van der Waals surface area contributed by atoms with Gasteiger partial charge in [-0.3, -0.25) is 19.2 Å². The van der Waals surface area contributed by atoms with Gasteiger partial charge >= 0.3 is 11.9 Å². The van der Waals surface area contributed by atoms with Gasteiger partial charge < -0.3 is 42.6 Å². The smallest absolute Gasteiger partial charge is 0.326 e. The minimum atomic E-state index is -1.38. The van der Waals surface area contributed by atoms with Gasteiger partial charge in [-0.05, 0) is 44.2 Å². The lowest BCUT2D eigenvalue weighted by Gasteiger charge is -2.25. The Morgan fingerprint density at radius 3 is 2.05 bits per heavy atom. The Labute approximate surface area is 231 Å². The van der Waals surface area contributed by atoms with Crippen molar-refractivity contribution in [1.29, 1.82) is 0 Å². The average Bonchev–Trinajstić information content (AvgIpc) is 3.43. The SMILES string of the molecule is NCCCCC(NC(=O)C(N)Cc1ccccc1)C(=O)NC(CCC(=O)O)C(=O)NC(Cc1cnc[nH]1)C(=O)O. The van der Waals surface area contributed by atoms with Crippen molar-refractivity contribution in [3.05, 3.63) is 54.1 Å². The second kappa shape index (κ2) is 16.6. The van der Waals surface area contributed by atoms with Gasteiger partial charge in [0.1, 0.15) is 18.1 Å². The molecule has 1 heterocycles. The number of nitrogens with zero attached hydrogens (tertiary/aromatic N) is 1. The molecule has 14 heteroatoms. The maximum Gasteiger partial charge on any atom is 0.326 e. The molecule has 0 spiro atoms. The Bertz CT molecular complexity index is 1110. The highest BCUT2D eigenvalue weighted by Gasteiger charge is 2.31. The molecule has 0 fully saturated rings. The Balaban J connectivity index is 2.13. The first-order chi connectivity index (χ1) is 19.1. The van der Waals surface area contributed by atoms with Crippen LogP contribution in [0.15, 0.2) is 42.9 Å². The predicted octanol–water partition coefficient (Wildman–Crippen LogP) is -0.945. The largest absolute Gasteiger partial charge is 0.481 e. The second-order valence-corrected chi connectivity index (χ2v) is 9.32. The summed E-state index contributed by atoms with van der Waals surface area (Å²) in [4.78, 5) is 68.6. The lowest BCUT2D eigenvalue weighted by atomic mass is 10.0. The predicted molar refractivity (Wildman–Crippen MR) is 144 cm³/mol. The Morgan fingerprint density at radius 2 is 1.48 bits per heavy atom. The maximum absolute atomic E-state index is 13.2. The minimum Gasteiger partial charge on any atom is -0.481 e. The molecule has 0 aliphatic rings. The van der Waals surface area contributed by atoms with Crippen LogP contribution >= 0.6 is 0 Å². The topological polar surface area (TPSA) is 243 Å². The quantitative estimate of drug-likeness (QED) is 0.104. The molecule has 2 rings (SSSR count). The van der Waals surface area contributed by atoms with Gasteiger partial charge in [0.25, 0.3) is 0 Å². The van der Waals surface area contributed by atoms with Crippen molar-refractivity contribution in [2.45, 2.75) is 69.1 Å². The summed E-state index contributed by atoms with van der Waals surface area (Å²) in [6.07, 6.45) is 3.37. The molecule has 0 aliphatic heterocycles. The van der Waals surface area contributed by atoms with Gasteiger partial charge in [-0.15, -0.1) is 0 Å². The first-order valence-electron chi connectivity index (χ1n) is 12.9. The zero-order chi connectivity index (χ0) is 29.5. The monoisotopic (exact) mass is 559 g/mol. The van der Waals surface area contributed by atoms with Crippen molar-refractivity contribution in [2.75, 3.05) is 6.54 Å². The fraction of sp³-hybridized carbons (Fsp3) is 0.462. The van der Waals surface area contributed by atoms with Crippen LogP contribution in [0.2, 0.25) is 0 Å². The van der Waals surface area contributed by atoms with Gasteiger partial charge in [0.05, 0.1) is 12.4 Å². The van der Waals surface area contributed by atoms with Crippen LogP contribution < -0.4 is 27.4 Å². The number of hydrogen-bond donors (Lipinski definition) is 8. The number of imidazole rings is 1. The lowest BCUT2D eigenvalue weighted by Crippen LogP contribution is -2.57. The van der Waals surface area contributed by atoms with Crippen molar-refractivity contribution >= 4 is 29.7 Å². The Hall–Kier alpha value is -4.30. The molecular weight excluding hydrogens is 522 g/mol. The molecule has 218 valence electrons. The van der Waals surface area contributed by atoms with Gasteiger partial charge in [-0.2, -0.15) is 0 Å². The van der Waals surface area contributed by atoms with E-state index in [4.69, 9.17) is 16.6 Å². The Morgan fingerprint density at radius 1 is 0.850 bits per heavy atom. The Kier molecular flexibility index (Phi) is 13.3. The molecule has 40 heavy (non-hydrogen) atoms. The molecule has 4 atom stereocenters. The third kappa shape index (κ3) is 11.2. The number of nitrogens with two attached hydrogens (primary N) is 2. The van der Waals surface area contributed by atoms with Crippen LogP contribution in [0.3, 0.4) is 0 Å². The van der Waals surface area contributed by atoms with E-state index >= 15 is 0 Å². The molecule has 3 amide bonds. The molecule has 0 aliphatic carbocycles. The van der Waals surface area contributed by atoms with Crippen molar-refractivity contribution in [2.24, 2.45) is 11.5 Å². The number of carbonyl (C=O) groups is 5. The second-order valence-electron chi connectivity index (χ2n) is 9.32. The number of carboxylic acid groups (broad SMARTS) is 2. The zero-order valence-electron chi connectivity index (χ0n) is 22.0. The highest BCUT2D eigenvalue weighted by atomic mass is 16.4. The molecular formula is C26H37N7O7. The van der Waals surface area contributed by atoms with Crippen LogP contribution in [0.1, 0.15) is 43.4 Å². The summed E-state index contributed by atoms with van der Waals surface area (Å²) >= 11 is 0. The fourth-order valence-corrected chi connectivity index (χ4v) is 3.90. The number of aromatic nitrogens is 2. The van der Waals surface area contributed by atoms with Crippen LogP contribution in [0, 0.1) is 0 Å². The van der Waals surface area contributed by atoms with Crippen molar-refractivity contribution in [1.82, 2.24) is 25.9 Å². The van der Waals surface area contributed by atoms with E-state index in [1.54, 1.807) is 0 Å². The normalized spacial score (nSPS) is 13.8. The molecule has 0 radical (unpaired) electrons. The fourth-order valence-electron chi connectivity index (χ4n) is 3.90. The highest BCUT2D eigenvalue weighted by Crippen LogP contribution is 2.08. The molecule has 14 nitrogen and oxygen atoms in total. The molecule has 1 aromatic carbocycles. The third-order valence-electron chi connectivity index (χ3n) is 6.09. The van der Waals surface area contributed by atoms with Gasteiger partial charge in [0, 0.05) is 24.7 Å². The number of rotatable bonds is 18. The molecule has 4 unspecified atom stereocenters. The first-order valence-corrected chi connectivity index (χ1v) is 12.9. The van der Waals surface area contributed by atoms with Crippen LogP contribution in [-0.4, -0.2) is 80.6 Å². The van der Waals surface area contributed by atoms with Crippen LogP contribution in [-0.2, 0) is 36.8 Å². The number of aromatic amines is 1. The number of nitrogens with one attached hydrogen (secondary N) is 4. The van der Waals surface area contributed by atoms with E-state index in [0.29, 0.717) is 25.1 Å². The van der Waals surface area contributed by atoms with Crippen LogP contribution in [0.4, 0.5) is 0 Å². The summed E-state index contributed by atoms with van der Waals surface area (Å²) in [6.45, 7) is 0.367. The van der Waals surface area contributed by atoms with E-state index in [1.165, 1.54) is 12.5 Å². The van der Waals surface area contributed by atoms with E-state index in [0.717, 1.165) is 5.56 Å². The number of H-pyrrole nitrogens is 1. The van der Waals surface area contributed by atoms with Crippen molar-refractivity contribution in [3.63, 3.8) is 0 Å². The number of carbonyl (C=O) groups excluding carboxylic acids is 3. The van der Waals surface area contributed by atoms with E-state index in [1.807, 2.05) is 30.3 Å². The minimum absolute atomic E-state index is 0.113. The summed E-state index contributed by atoms with van der Waals surface area (Å²) in [5.74, 6) is -4.73. The van der Waals surface area contributed by atoms with Gasteiger partial charge in [0.2, 0.25) is 17.7 Å². The standard InChI is InChI=1S/C26H37N7O7/c27-11-5-4-8-19(31-23(36)18(28)12-16-6-2-1-3-7-16)24(37)32-20(9-10-22(34)35)25(38)33-21(26(39)40)13-17-14-29-15-30-17/h1-3,6-7,14-15,18-21H,4-5,8-13,27-28H2,(H,29,30)(H,31,36)(H,32,37)(H,33,38)(H,34,35)(H,39,40). The lowest BCUT2D eigenvalue weighted by molar-refractivity contribution is -0.143. The maximum atomic E-state index is 13.2. The van der Waals surface area contributed by atoms with Gasteiger partial charge in [-0.25, -0.2) is 9.78 Å². The number of amides is 3. The van der Waals surface area contributed by atoms with Crippen LogP contribution in [0.5, 0.6) is 0 Å². The van der Waals surface area contributed by atoms with E-state index in [9.17, 15) is 29.1 Å².